The highest BCUT2D eigenvalue weighted by molar-refractivity contribution is 5.94. The molecule has 3 aromatic rings. The zero-order chi connectivity index (χ0) is 24.5. The quantitative estimate of drug-likeness (QED) is 0.462. The van der Waals surface area contributed by atoms with Crippen molar-refractivity contribution >= 4 is 17.6 Å². The summed E-state index contributed by atoms with van der Waals surface area (Å²) >= 11 is 0. The molecule has 6 nitrogen and oxygen atoms in total. The topological polar surface area (TPSA) is 98.7 Å². The van der Waals surface area contributed by atoms with Gasteiger partial charge in [-0.3, -0.25) is 4.79 Å². The van der Waals surface area contributed by atoms with Gasteiger partial charge in [-0.15, -0.1) is 0 Å². The van der Waals surface area contributed by atoms with E-state index in [0.29, 0.717) is 17.9 Å². The number of allylic oxidation sites excluding steroid dienone is 4. The third-order valence-corrected chi connectivity index (χ3v) is 5.08. The van der Waals surface area contributed by atoms with Gasteiger partial charge >= 0.3 is 6.09 Å². The van der Waals surface area contributed by atoms with E-state index in [9.17, 15) is 9.59 Å². The van der Waals surface area contributed by atoms with Crippen LogP contribution in [0.15, 0.2) is 104 Å². The third kappa shape index (κ3) is 6.23. The summed E-state index contributed by atoms with van der Waals surface area (Å²) in [7, 11) is 1.68. The molecule has 0 aliphatic heterocycles. The highest BCUT2D eigenvalue weighted by Crippen LogP contribution is 2.25. The number of hydrogen-bond acceptors (Lipinski definition) is 4. The highest BCUT2D eigenvalue weighted by atomic mass is 16.6. The summed E-state index contributed by atoms with van der Waals surface area (Å²) < 4.78 is 5.59. The molecule has 0 saturated heterocycles. The van der Waals surface area contributed by atoms with E-state index in [1.54, 1.807) is 55.6 Å². The fraction of sp³-hybridized carbons (Fsp3) is 0.0714. The van der Waals surface area contributed by atoms with Crippen LogP contribution in [-0.4, -0.2) is 23.9 Å². The largest absolute Gasteiger partial charge is 0.415 e. The summed E-state index contributed by atoms with van der Waals surface area (Å²) in [6.07, 6.45) is 6.35. The number of carbonyl (C=O) groups is 2. The summed E-state index contributed by atoms with van der Waals surface area (Å²) in [5.41, 5.74) is 15.8. The van der Waals surface area contributed by atoms with Gasteiger partial charge in [-0.2, -0.15) is 0 Å². The number of amides is 2. The minimum Gasteiger partial charge on any atom is -0.410 e. The van der Waals surface area contributed by atoms with Crippen molar-refractivity contribution in [3.8, 4) is 16.9 Å². The molecule has 0 fully saturated rings. The second-order valence-corrected chi connectivity index (χ2v) is 7.61. The van der Waals surface area contributed by atoms with E-state index < -0.39 is 12.0 Å². The van der Waals surface area contributed by atoms with Crippen LogP contribution >= 0.6 is 0 Å². The SMILES string of the molecule is C=C/C=C(\C=C/N)c1cccc(CN(C)C(=O)Oc2cccc(-c3cccc(C(N)=O)c3)c2)c1. The van der Waals surface area contributed by atoms with Crippen LogP contribution in [-0.2, 0) is 6.54 Å². The number of nitrogens with two attached hydrogens (primary N) is 2. The Labute approximate surface area is 199 Å². The Kier molecular flexibility index (Phi) is 8.02. The molecular formula is C28H27N3O3. The van der Waals surface area contributed by atoms with Gasteiger partial charge in [0.1, 0.15) is 5.75 Å². The number of benzene rings is 3. The van der Waals surface area contributed by atoms with Gasteiger partial charge in [0.15, 0.2) is 0 Å². The molecular weight excluding hydrogens is 426 g/mol. The molecule has 0 saturated carbocycles. The maximum Gasteiger partial charge on any atom is 0.415 e. The maximum absolute atomic E-state index is 12.7. The standard InChI is InChI=1S/C28H27N3O3/c1-3-7-21(14-15-29)22-9-4-8-20(16-22)19-31(2)28(33)34-26-13-6-11-24(18-26)23-10-5-12-25(17-23)27(30)32/h3-18H,1,19,29H2,2H3,(H2,30,32)/b15-14-,21-7+. The lowest BCUT2D eigenvalue weighted by Gasteiger charge is -2.18. The van der Waals surface area contributed by atoms with Gasteiger partial charge in [-0.25, -0.2) is 4.79 Å². The monoisotopic (exact) mass is 453 g/mol. The number of hydrogen-bond donors (Lipinski definition) is 2. The van der Waals surface area contributed by atoms with Gasteiger partial charge in [-0.1, -0.05) is 61.2 Å². The Bertz CT molecular complexity index is 1260. The fourth-order valence-corrected chi connectivity index (χ4v) is 3.44. The van der Waals surface area contributed by atoms with Gasteiger partial charge in [0.05, 0.1) is 0 Å². The Morgan fingerprint density at radius 2 is 1.65 bits per heavy atom. The van der Waals surface area contributed by atoms with Crippen molar-refractivity contribution in [1.82, 2.24) is 4.90 Å². The van der Waals surface area contributed by atoms with Crippen LogP contribution in [0, 0.1) is 0 Å². The number of rotatable bonds is 8. The molecule has 172 valence electrons. The lowest BCUT2D eigenvalue weighted by molar-refractivity contribution is 0.1000. The Hall–Kier alpha value is -4.58. The van der Waals surface area contributed by atoms with Gasteiger partial charge < -0.3 is 21.1 Å². The van der Waals surface area contributed by atoms with Crippen molar-refractivity contribution < 1.29 is 14.3 Å². The molecule has 4 N–H and O–H groups in total. The van der Waals surface area contributed by atoms with Crippen LogP contribution in [0.4, 0.5) is 4.79 Å². The first-order chi connectivity index (χ1) is 16.4. The summed E-state index contributed by atoms with van der Waals surface area (Å²) in [5.74, 6) is -0.0989. The van der Waals surface area contributed by atoms with Crippen molar-refractivity contribution in [3.05, 3.63) is 120 Å². The fourth-order valence-electron chi connectivity index (χ4n) is 3.44. The van der Waals surface area contributed by atoms with Crippen molar-refractivity contribution in [2.24, 2.45) is 11.5 Å². The van der Waals surface area contributed by atoms with Crippen LogP contribution < -0.4 is 16.2 Å². The second kappa shape index (κ2) is 11.3. The molecule has 3 rings (SSSR count). The molecule has 0 unspecified atom stereocenters. The van der Waals surface area contributed by atoms with Crippen molar-refractivity contribution in [2.75, 3.05) is 7.05 Å². The van der Waals surface area contributed by atoms with Crippen LogP contribution in [0.1, 0.15) is 21.5 Å². The molecule has 2 amide bonds. The average Bonchev–Trinajstić information content (AvgIpc) is 2.84. The van der Waals surface area contributed by atoms with Gasteiger partial charge in [0.25, 0.3) is 0 Å². The molecule has 6 heteroatoms. The van der Waals surface area contributed by atoms with Crippen LogP contribution in [0.25, 0.3) is 16.7 Å². The molecule has 0 bridgehead atoms. The minimum atomic E-state index is -0.499. The molecule has 0 heterocycles. The minimum absolute atomic E-state index is 0.362. The number of primary amides is 1. The Morgan fingerprint density at radius 1 is 0.971 bits per heavy atom. The molecule has 0 spiro atoms. The van der Waals surface area contributed by atoms with Gasteiger partial charge in [0.2, 0.25) is 5.91 Å². The first-order valence-electron chi connectivity index (χ1n) is 10.6. The van der Waals surface area contributed by atoms with Gasteiger partial charge in [0, 0.05) is 19.2 Å². The molecule has 0 radical (unpaired) electrons. The van der Waals surface area contributed by atoms with Crippen LogP contribution in [0.3, 0.4) is 0 Å². The molecule has 0 aliphatic carbocycles. The Morgan fingerprint density at radius 3 is 2.35 bits per heavy atom. The summed E-state index contributed by atoms with van der Waals surface area (Å²) in [4.78, 5) is 25.7. The summed E-state index contributed by atoms with van der Waals surface area (Å²) in [5, 5.41) is 0. The van der Waals surface area contributed by atoms with Gasteiger partial charge in [-0.05, 0) is 70.4 Å². The van der Waals surface area contributed by atoms with Crippen LogP contribution in [0.2, 0.25) is 0 Å². The van der Waals surface area contributed by atoms with E-state index in [4.69, 9.17) is 16.2 Å². The normalized spacial score (nSPS) is 11.3. The maximum atomic E-state index is 12.7. The lowest BCUT2D eigenvalue weighted by atomic mass is 10.0. The predicted octanol–water partition coefficient (Wildman–Crippen LogP) is 5.13. The number of nitrogens with zero attached hydrogens (tertiary/aromatic N) is 1. The van der Waals surface area contributed by atoms with E-state index in [1.165, 1.54) is 11.1 Å². The highest BCUT2D eigenvalue weighted by Gasteiger charge is 2.13. The zero-order valence-corrected chi connectivity index (χ0v) is 19.0. The van der Waals surface area contributed by atoms with E-state index >= 15 is 0 Å². The third-order valence-electron chi connectivity index (χ3n) is 5.08. The van der Waals surface area contributed by atoms with E-state index in [0.717, 1.165) is 27.8 Å². The number of carbonyl (C=O) groups excluding carboxylic acids is 2. The zero-order valence-electron chi connectivity index (χ0n) is 19.0. The molecule has 0 aromatic heterocycles. The molecule has 34 heavy (non-hydrogen) atoms. The smallest absolute Gasteiger partial charge is 0.410 e. The van der Waals surface area contributed by atoms with Crippen molar-refractivity contribution in [2.45, 2.75) is 6.54 Å². The lowest BCUT2D eigenvalue weighted by Crippen LogP contribution is -2.29. The van der Waals surface area contributed by atoms with E-state index in [1.807, 2.05) is 42.5 Å². The number of ether oxygens (including phenoxy) is 1. The summed E-state index contributed by atoms with van der Waals surface area (Å²) in [6, 6.07) is 21.9. The molecule has 0 aliphatic rings. The first kappa shape index (κ1) is 24.1. The van der Waals surface area contributed by atoms with E-state index in [2.05, 4.69) is 6.58 Å². The first-order valence-corrected chi connectivity index (χ1v) is 10.6. The molecule has 3 aromatic carbocycles. The second-order valence-electron chi connectivity index (χ2n) is 7.61. The molecule has 0 atom stereocenters. The van der Waals surface area contributed by atoms with Crippen LogP contribution in [0.5, 0.6) is 5.75 Å². The van der Waals surface area contributed by atoms with E-state index in [-0.39, 0.29) is 0 Å². The predicted molar refractivity (Wildman–Crippen MR) is 136 cm³/mol. The summed E-state index contributed by atoms with van der Waals surface area (Å²) in [6.45, 7) is 4.10. The average molecular weight is 454 g/mol. The van der Waals surface area contributed by atoms with Crippen molar-refractivity contribution in [3.63, 3.8) is 0 Å². The Balaban J connectivity index is 1.72. The van der Waals surface area contributed by atoms with Crippen molar-refractivity contribution in [1.29, 1.82) is 0 Å².